The zero-order valence-corrected chi connectivity index (χ0v) is 18.3. The zero-order chi connectivity index (χ0) is 23.7. The molecule has 1 atom stereocenters. The van der Waals surface area contributed by atoms with Crippen molar-refractivity contribution in [2.75, 3.05) is 6.61 Å². The lowest BCUT2D eigenvalue weighted by Gasteiger charge is -2.13. The monoisotopic (exact) mass is 453 g/mol. The molecule has 6 nitrogen and oxygen atoms in total. The average Bonchev–Trinajstić information content (AvgIpc) is 3.34. The van der Waals surface area contributed by atoms with Gasteiger partial charge in [-0.3, -0.25) is 4.79 Å². The highest BCUT2D eigenvalue weighted by molar-refractivity contribution is 5.98. The van der Waals surface area contributed by atoms with Crippen LogP contribution in [0.4, 0.5) is 0 Å². The van der Waals surface area contributed by atoms with E-state index in [4.69, 9.17) is 9.84 Å². The fourth-order valence-electron chi connectivity index (χ4n) is 4.21. The van der Waals surface area contributed by atoms with Crippen LogP contribution < -0.4 is 10.1 Å². The summed E-state index contributed by atoms with van der Waals surface area (Å²) in [5, 5.41) is 24.6. The maximum absolute atomic E-state index is 12.8. The molecule has 1 aliphatic rings. The van der Waals surface area contributed by atoms with Gasteiger partial charge < -0.3 is 20.3 Å². The van der Waals surface area contributed by atoms with Crippen LogP contribution in [0.25, 0.3) is 10.8 Å². The summed E-state index contributed by atoms with van der Waals surface area (Å²) in [7, 11) is 0. The molecule has 0 aliphatic carbocycles. The van der Waals surface area contributed by atoms with Crippen molar-refractivity contribution < 1.29 is 24.5 Å². The minimum absolute atomic E-state index is 0.165. The molecule has 0 aromatic heterocycles. The van der Waals surface area contributed by atoms with E-state index in [1.54, 1.807) is 18.2 Å². The van der Waals surface area contributed by atoms with Crippen molar-refractivity contribution in [3.8, 4) is 5.75 Å². The Hall–Kier alpha value is -4.16. The van der Waals surface area contributed by atoms with Gasteiger partial charge in [-0.2, -0.15) is 0 Å². The van der Waals surface area contributed by atoms with Crippen LogP contribution in [0.2, 0.25) is 0 Å². The maximum Gasteiger partial charge on any atom is 0.335 e. The summed E-state index contributed by atoms with van der Waals surface area (Å²) in [6.45, 7) is 1.13. The van der Waals surface area contributed by atoms with Crippen LogP contribution in [0.5, 0.6) is 5.75 Å². The smallest absolute Gasteiger partial charge is 0.335 e. The molecule has 3 N–H and O–H groups in total. The van der Waals surface area contributed by atoms with Crippen molar-refractivity contribution >= 4 is 22.6 Å². The van der Waals surface area contributed by atoms with Gasteiger partial charge in [0, 0.05) is 18.5 Å². The van der Waals surface area contributed by atoms with E-state index in [1.165, 1.54) is 17.7 Å². The van der Waals surface area contributed by atoms with E-state index in [0.717, 1.165) is 28.5 Å². The number of carboxylic acid groups (broad SMARTS) is 1. The number of benzene rings is 4. The van der Waals surface area contributed by atoms with Gasteiger partial charge in [0.1, 0.15) is 11.9 Å². The van der Waals surface area contributed by atoms with Crippen LogP contribution in [-0.4, -0.2) is 28.7 Å². The van der Waals surface area contributed by atoms with Gasteiger partial charge in [-0.1, -0.05) is 42.5 Å². The summed E-state index contributed by atoms with van der Waals surface area (Å²) < 4.78 is 5.53. The second kappa shape index (κ2) is 9.00. The Kier molecular flexibility index (Phi) is 5.74. The molecule has 1 unspecified atom stereocenters. The normalized spacial score (nSPS) is 13.2. The Morgan fingerprint density at radius 3 is 2.38 bits per heavy atom. The third kappa shape index (κ3) is 4.36. The number of aromatic carboxylic acids is 1. The summed E-state index contributed by atoms with van der Waals surface area (Å²) in [6, 6.07) is 23.2. The summed E-state index contributed by atoms with van der Waals surface area (Å²) in [5.74, 6) is -0.267. The third-order valence-corrected chi connectivity index (χ3v) is 6.12. The number of aliphatic hydroxyl groups is 1. The summed E-state index contributed by atoms with van der Waals surface area (Å²) >= 11 is 0. The average molecular weight is 453 g/mol. The standard InChI is InChI=1S/C28H23NO5/c30-26(19-4-6-20(7-5-19)28(32)33)22-8-2-18-3-9-23(15-24(18)14-22)27(31)29-16-17-1-10-25-21(13-17)11-12-34-25/h1-10,13-15,26,30H,11-12,16H2,(H,29,31)(H,32,33). The number of nitrogens with one attached hydrogen (secondary N) is 1. The van der Waals surface area contributed by atoms with Gasteiger partial charge in [-0.25, -0.2) is 4.79 Å². The molecular weight excluding hydrogens is 430 g/mol. The Balaban J connectivity index is 1.33. The fraction of sp³-hybridized carbons (Fsp3) is 0.143. The van der Waals surface area contributed by atoms with Gasteiger partial charge in [0.15, 0.2) is 0 Å². The van der Waals surface area contributed by atoms with Gasteiger partial charge in [0.05, 0.1) is 12.2 Å². The lowest BCUT2D eigenvalue weighted by molar-refractivity contribution is 0.0696. The second-order valence-corrected chi connectivity index (χ2v) is 8.37. The molecule has 6 heteroatoms. The van der Waals surface area contributed by atoms with Crippen molar-refractivity contribution in [3.05, 3.63) is 112 Å². The Bertz CT molecular complexity index is 1390. The molecule has 0 saturated heterocycles. The first-order chi connectivity index (χ1) is 16.5. The van der Waals surface area contributed by atoms with Gasteiger partial charge in [0.2, 0.25) is 0 Å². The molecule has 5 rings (SSSR count). The van der Waals surface area contributed by atoms with Crippen LogP contribution in [0.1, 0.15) is 49.1 Å². The summed E-state index contributed by atoms with van der Waals surface area (Å²) in [5.41, 5.74) is 4.15. The number of carbonyl (C=O) groups excluding carboxylic acids is 1. The van der Waals surface area contributed by atoms with Crippen molar-refractivity contribution in [2.24, 2.45) is 0 Å². The van der Waals surface area contributed by atoms with Gasteiger partial charge in [0.25, 0.3) is 5.91 Å². The first-order valence-electron chi connectivity index (χ1n) is 11.1. The molecule has 0 saturated carbocycles. The highest BCUT2D eigenvalue weighted by atomic mass is 16.5. The molecule has 0 radical (unpaired) electrons. The molecule has 4 aromatic rings. The minimum atomic E-state index is -1.01. The summed E-state index contributed by atoms with van der Waals surface area (Å²) in [6.07, 6.45) is -0.0202. The quantitative estimate of drug-likeness (QED) is 0.400. The topological polar surface area (TPSA) is 95.9 Å². The Labute approximate surface area is 196 Å². The zero-order valence-electron chi connectivity index (χ0n) is 18.3. The first kappa shape index (κ1) is 21.7. The number of carbonyl (C=O) groups is 2. The molecule has 0 spiro atoms. The van der Waals surface area contributed by atoms with E-state index in [9.17, 15) is 14.7 Å². The molecule has 1 aliphatic heterocycles. The molecule has 34 heavy (non-hydrogen) atoms. The maximum atomic E-state index is 12.8. The van der Waals surface area contributed by atoms with Crippen LogP contribution in [0.15, 0.2) is 78.9 Å². The predicted molar refractivity (Wildman–Crippen MR) is 128 cm³/mol. The lowest BCUT2D eigenvalue weighted by Crippen LogP contribution is -2.22. The van der Waals surface area contributed by atoms with Gasteiger partial charge in [-0.15, -0.1) is 0 Å². The van der Waals surface area contributed by atoms with Gasteiger partial charge in [-0.05, 0) is 69.4 Å². The fourth-order valence-corrected chi connectivity index (χ4v) is 4.21. The number of fused-ring (bicyclic) bond motifs is 2. The highest BCUT2D eigenvalue weighted by Crippen LogP contribution is 2.27. The number of hydrogen-bond acceptors (Lipinski definition) is 4. The van der Waals surface area contributed by atoms with Crippen LogP contribution in [0, 0.1) is 0 Å². The van der Waals surface area contributed by atoms with E-state index in [-0.39, 0.29) is 11.5 Å². The van der Waals surface area contributed by atoms with Crippen LogP contribution in [-0.2, 0) is 13.0 Å². The minimum Gasteiger partial charge on any atom is -0.493 e. The number of aliphatic hydroxyl groups excluding tert-OH is 1. The van der Waals surface area contributed by atoms with E-state index < -0.39 is 12.1 Å². The number of amides is 1. The van der Waals surface area contributed by atoms with E-state index >= 15 is 0 Å². The molecule has 0 fully saturated rings. The third-order valence-electron chi connectivity index (χ3n) is 6.12. The van der Waals surface area contributed by atoms with Crippen LogP contribution in [0.3, 0.4) is 0 Å². The number of carboxylic acids is 1. The number of hydrogen-bond donors (Lipinski definition) is 3. The van der Waals surface area contributed by atoms with Crippen LogP contribution >= 0.6 is 0 Å². The van der Waals surface area contributed by atoms with Crippen molar-refractivity contribution in [2.45, 2.75) is 19.1 Å². The molecule has 0 bridgehead atoms. The van der Waals surface area contributed by atoms with Crippen molar-refractivity contribution in [1.29, 1.82) is 0 Å². The van der Waals surface area contributed by atoms with E-state index in [0.29, 0.717) is 29.8 Å². The SMILES string of the molecule is O=C(O)c1ccc(C(O)c2ccc3ccc(C(=O)NCc4ccc5c(c4)CCO5)cc3c2)cc1. The van der Waals surface area contributed by atoms with E-state index in [2.05, 4.69) is 11.4 Å². The van der Waals surface area contributed by atoms with E-state index in [1.807, 2.05) is 42.5 Å². The molecule has 1 heterocycles. The predicted octanol–water partition coefficient (Wildman–Crippen LogP) is 4.48. The molecule has 4 aromatic carbocycles. The Morgan fingerprint density at radius 2 is 1.59 bits per heavy atom. The lowest BCUT2D eigenvalue weighted by atomic mass is 9.97. The number of ether oxygens (including phenoxy) is 1. The molecular formula is C28H23NO5. The molecule has 170 valence electrons. The first-order valence-corrected chi connectivity index (χ1v) is 11.1. The molecule has 1 amide bonds. The van der Waals surface area contributed by atoms with Crippen molar-refractivity contribution in [3.63, 3.8) is 0 Å². The largest absolute Gasteiger partial charge is 0.493 e. The van der Waals surface area contributed by atoms with Crippen molar-refractivity contribution in [1.82, 2.24) is 5.32 Å². The summed E-state index contributed by atoms with van der Waals surface area (Å²) in [4.78, 5) is 23.8. The van der Waals surface area contributed by atoms with Gasteiger partial charge >= 0.3 is 5.97 Å². The highest BCUT2D eigenvalue weighted by Gasteiger charge is 2.15. The Morgan fingerprint density at radius 1 is 0.853 bits per heavy atom. The number of rotatable bonds is 6. The second-order valence-electron chi connectivity index (χ2n) is 8.37.